The van der Waals surface area contributed by atoms with E-state index < -0.39 is 0 Å². The highest BCUT2D eigenvalue weighted by Crippen LogP contribution is 2.28. The highest BCUT2D eigenvalue weighted by Gasteiger charge is 2.12. The lowest BCUT2D eigenvalue weighted by atomic mass is 10.1. The highest BCUT2D eigenvalue weighted by molar-refractivity contribution is 6.30. The summed E-state index contributed by atoms with van der Waals surface area (Å²) in [5.74, 6) is 2.15. The smallest absolute Gasteiger partial charge is 0.168 e. The summed E-state index contributed by atoms with van der Waals surface area (Å²) in [6, 6.07) is 21.2. The minimum absolute atomic E-state index is 0.675. The molecule has 0 bridgehead atoms. The molecule has 0 fully saturated rings. The first-order valence-electron chi connectivity index (χ1n) is 10.1. The quantitative estimate of drug-likeness (QED) is 0.332. The molecule has 0 amide bonds. The van der Waals surface area contributed by atoms with Crippen LogP contribution >= 0.6 is 11.6 Å². The van der Waals surface area contributed by atoms with E-state index in [9.17, 15) is 0 Å². The van der Waals surface area contributed by atoms with Crippen LogP contribution in [0.3, 0.4) is 0 Å². The zero-order valence-electron chi connectivity index (χ0n) is 17.6. The molecule has 0 saturated heterocycles. The summed E-state index contributed by atoms with van der Waals surface area (Å²) in [6.07, 6.45) is 3.33. The van der Waals surface area contributed by atoms with Crippen molar-refractivity contribution < 1.29 is 4.74 Å². The Morgan fingerprint density at radius 1 is 0.844 bits per heavy atom. The largest absolute Gasteiger partial charge is 0.457 e. The van der Waals surface area contributed by atoms with Gasteiger partial charge in [-0.15, -0.1) is 0 Å². The Kier molecular flexibility index (Phi) is 5.21. The van der Waals surface area contributed by atoms with Gasteiger partial charge >= 0.3 is 0 Å². The molecule has 0 unspecified atom stereocenters. The number of nitrogens with one attached hydrogen (secondary N) is 1. The Morgan fingerprint density at radius 2 is 1.56 bits per heavy atom. The average Bonchev–Trinajstić information content (AvgIpc) is 3.24. The molecule has 7 heteroatoms. The van der Waals surface area contributed by atoms with Crippen molar-refractivity contribution in [3.63, 3.8) is 0 Å². The number of hydrogen-bond acceptors (Lipinski definition) is 5. The van der Waals surface area contributed by atoms with Gasteiger partial charge in [0.1, 0.15) is 23.6 Å². The topological polar surface area (TPSA) is 64.9 Å². The molecule has 5 aromatic rings. The van der Waals surface area contributed by atoms with Crippen molar-refractivity contribution in [3.8, 4) is 17.2 Å². The van der Waals surface area contributed by atoms with Gasteiger partial charge in [-0.05, 0) is 85.6 Å². The predicted octanol–water partition coefficient (Wildman–Crippen LogP) is 6.62. The Balaban J connectivity index is 1.39. The van der Waals surface area contributed by atoms with Crippen molar-refractivity contribution in [2.45, 2.75) is 13.8 Å². The number of benzene rings is 3. The second kappa shape index (κ2) is 8.32. The standard InChI is InChI=1S/C25H20ClN5O/c1-16-3-8-20(13-17(16)2)31-25-23(14-29-31)24(27-15-28-25)30-19-6-11-22(12-7-19)32-21-9-4-18(26)5-10-21/h3-15H,1-2H3,(H,27,28,30). The molecule has 2 heterocycles. The fourth-order valence-electron chi connectivity index (χ4n) is 3.37. The molecule has 32 heavy (non-hydrogen) atoms. The van der Waals surface area contributed by atoms with Crippen molar-refractivity contribution in [1.29, 1.82) is 0 Å². The molecule has 3 aromatic carbocycles. The van der Waals surface area contributed by atoms with Crippen LogP contribution in [0.5, 0.6) is 11.5 Å². The third-order valence-electron chi connectivity index (χ3n) is 5.27. The van der Waals surface area contributed by atoms with E-state index in [-0.39, 0.29) is 0 Å². The van der Waals surface area contributed by atoms with Crippen molar-refractivity contribution in [1.82, 2.24) is 19.7 Å². The van der Waals surface area contributed by atoms with Gasteiger partial charge in [-0.1, -0.05) is 17.7 Å². The maximum Gasteiger partial charge on any atom is 0.168 e. The van der Waals surface area contributed by atoms with Crippen LogP contribution in [0, 0.1) is 13.8 Å². The van der Waals surface area contributed by atoms with E-state index in [0.717, 1.165) is 33.9 Å². The number of anilines is 2. The Bertz CT molecular complexity index is 1390. The number of halogens is 1. The van der Waals surface area contributed by atoms with Gasteiger partial charge in [0.05, 0.1) is 17.3 Å². The lowest BCUT2D eigenvalue weighted by Gasteiger charge is -2.09. The fourth-order valence-corrected chi connectivity index (χ4v) is 3.50. The maximum absolute atomic E-state index is 5.92. The lowest BCUT2D eigenvalue weighted by molar-refractivity contribution is 0.483. The van der Waals surface area contributed by atoms with Gasteiger partial charge in [0.2, 0.25) is 0 Å². The van der Waals surface area contributed by atoms with Gasteiger partial charge in [-0.25, -0.2) is 14.6 Å². The fraction of sp³-hybridized carbons (Fsp3) is 0.0800. The van der Waals surface area contributed by atoms with Gasteiger partial charge < -0.3 is 10.1 Å². The van der Waals surface area contributed by atoms with E-state index in [4.69, 9.17) is 16.3 Å². The van der Waals surface area contributed by atoms with E-state index in [1.807, 2.05) is 47.1 Å². The van der Waals surface area contributed by atoms with E-state index in [1.54, 1.807) is 24.7 Å². The lowest BCUT2D eigenvalue weighted by Crippen LogP contribution is -2.00. The van der Waals surface area contributed by atoms with Gasteiger partial charge in [-0.2, -0.15) is 5.10 Å². The van der Waals surface area contributed by atoms with E-state index in [1.165, 1.54) is 11.1 Å². The van der Waals surface area contributed by atoms with Crippen molar-refractivity contribution in [2.24, 2.45) is 0 Å². The number of aryl methyl sites for hydroxylation is 2. The maximum atomic E-state index is 5.92. The molecule has 0 radical (unpaired) electrons. The van der Waals surface area contributed by atoms with Crippen LogP contribution in [0.4, 0.5) is 11.5 Å². The summed E-state index contributed by atoms with van der Waals surface area (Å²) >= 11 is 5.92. The van der Waals surface area contributed by atoms with Gasteiger partial charge in [0.25, 0.3) is 0 Å². The minimum Gasteiger partial charge on any atom is -0.457 e. The second-order valence-corrected chi connectivity index (χ2v) is 7.93. The first-order chi connectivity index (χ1) is 15.6. The zero-order valence-corrected chi connectivity index (χ0v) is 18.3. The van der Waals surface area contributed by atoms with Crippen molar-refractivity contribution >= 4 is 34.1 Å². The molecular weight excluding hydrogens is 422 g/mol. The van der Waals surface area contributed by atoms with Crippen LogP contribution in [0.2, 0.25) is 5.02 Å². The van der Waals surface area contributed by atoms with Crippen LogP contribution in [0.25, 0.3) is 16.7 Å². The van der Waals surface area contributed by atoms with Gasteiger partial charge in [-0.3, -0.25) is 0 Å². The summed E-state index contributed by atoms with van der Waals surface area (Å²) in [7, 11) is 0. The van der Waals surface area contributed by atoms with Gasteiger partial charge in [0.15, 0.2) is 5.65 Å². The molecule has 5 rings (SSSR count). The molecule has 0 aliphatic carbocycles. The van der Waals surface area contributed by atoms with Gasteiger partial charge in [0, 0.05) is 10.7 Å². The van der Waals surface area contributed by atoms with Crippen molar-refractivity contribution in [2.75, 3.05) is 5.32 Å². The number of aromatic nitrogens is 4. The van der Waals surface area contributed by atoms with Crippen LogP contribution in [-0.2, 0) is 0 Å². The molecule has 0 spiro atoms. The second-order valence-electron chi connectivity index (χ2n) is 7.49. The number of hydrogen-bond donors (Lipinski definition) is 1. The molecule has 0 saturated carbocycles. The predicted molar refractivity (Wildman–Crippen MR) is 127 cm³/mol. The minimum atomic E-state index is 0.675. The molecule has 2 aromatic heterocycles. The van der Waals surface area contributed by atoms with Crippen LogP contribution in [-0.4, -0.2) is 19.7 Å². The molecule has 0 aliphatic heterocycles. The van der Waals surface area contributed by atoms with Crippen LogP contribution in [0.1, 0.15) is 11.1 Å². The molecular formula is C25H20ClN5O. The molecule has 1 N–H and O–H groups in total. The summed E-state index contributed by atoms with van der Waals surface area (Å²) in [6.45, 7) is 4.18. The summed E-state index contributed by atoms with van der Waals surface area (Å²) < 4.78 is 7.68. The molecule has 158 valence electrons. The zero-order chi connectivity index (χ0) is 22.1. The summed E-state index contributed by atoms with van der Waals surface area (Å²) in [5, 5.41) is 9.42. The SMILES string of the molecule is Cc1ccc(-n2ncc3c(Nc4ccc(Oc5ccc(Cl)cc5)cc4)ncnc32)cc1C. The normalized spacial score (nSPS) is 11.0. The summed E-state index contributed by atoms with van der Waals surface area (Å²) in [5.41, 5.74) is 5.04. The molecule has 0 aliphatic rings. The van der Waals surface area contributed by atoms with E-state index in [0.29, 0.717) is 10.8 Å². The third-order valence-corrected chi connectivity index (χ3v) is 5.52. The Morgan fingerprint density at radius 3 is 2.28 bits per heavy atom. The number of ether oxygens (including phenoxy) is 1. The monoisotopic (exact) mass is 441 g/mol. The van der Waals surface area contributed by atoms with Crippen LogP contribution in [0.15, 0.2) is 79.3 Å². The summed E-state index contributed by atoms with van der Waals surface area (Å²) in [4.78, 5) is 8.88. The third kappa shape index (κ3) is 4.00. The number of rotatable bonds is 5. The number of fused-ring (bicyclic) bond motifs is 1. The highest BCUT2D eigenvalue weighted by atomic mass is 35.5. The molecule has 0 atom stereocenters. The van der Waals surface area contributed by atoms with E-state index >= 15 is 0 Å². The van der Waals surface area contributed by atoms with Crippen LogP contribution < -0.4 is 10.1 Å². The first-order valence-corrected chi connectivity index (χ1v) is 10.5. The number of nitrogens with zero attached hydrogens (tertiary/aromatic N) is 4. The van der Waals surface area contributed by atoms with Crippen molar-refractivity contribution in [3.05, 3.63) is 95.4 Å². The van der Waals surface area contributed by atoms with E-state index in [2.05, 4.69) is 46.4 Å². The Labute approximate surface area is 190 Å². The average molecular weight is 442 g/mol. The molecule has 6 nitrogen and oxygen atoms in total. The Hall–Kier alpha value is -3.90. The first kappa shape index (κ1) is 20.0.